The molecule has 1 aromatic rings. The number of hydrogen-bond donors (Lipinski definition) is 1. The molecular formula is C21H27NO4. The van der Waals surface area contributed by atoms with Crippen LogP contribution in [0.15, 0.2) is 42.5 Å². The fourth-order valence-electron chi connectivity index (χ4n) is 4.28. The number of rotatable bonds is 7. The van der Waals surface area contributed by atoms with E-state index in [1.54, 1.807) is 0 Å². The van der Waals surface area contributed by atoms with Gasteiger partial charge in [-0.1, -0.05) is 42.5 Å². The van der Waals surface area contributed by atoms with Crippen molar-refractivity contribution in [2.75, 3.05) is 7.11 Å². The van der Waals surface area contributed by atoms with Crippen molar-refractivity contribution >= 4 is 12.1 Å². The van der Waals surface area contributed by atoms with Crippen LogP contribution in [0.2, 0.25) is 0 Å². The van der Waals surface area contributed by atoms with Gasteiger partial charge in [0.15, 0.2) is 0 Å². The summed E-state index contributed by atoms with van der Waals surface area (Å²) in [7, 11) is 1.41. The number of carbonyl (C=O) groups is 2. The van der Waals surface area contributed by atoms with Crippen LogP contribution in [0.4, 0.5) is 4.79 Å². The number of allylic oxidation sites excluding steroid dienone is 1. The van der Waals surface area contributed by atoms with Crippen molar-refractivity contribution in [3.8, 4) is 0 Å². The molecule has 0 spiro atoms. The Hall–Kier alpha value is -2.30. The highest BCUT2D eigenvalue weighted by molar-refractivity contribution is 5.69. The normalized spacial score (nSPS) is 26.8. The first kappa shape index (κ1) is 18.5. The molecule has 0 saturated heterocycles. The van der Waals surface area contributed by atoms with Gasteiger partial charge in [-0.05, 0) is 43.1 Å². The molecule has 2 aliphatic rings. The lowest BCUT2D eigenvalue weighted by atomic mass is 9.84. The largest absolute Gasteiger partial charge is 0.469 e. The number of benzene rings is 1. The monoisotopic (exact) mass is 357 g/mol. The van der Waals surface area contributed by atoms with Crippen LogP contribution in [0.25, 0.3) is 0 Å². The molecule has 26 heavy (non-hydrogen) atoms. The van der Waals surface area contributed by atoms with Gasteiger partial charge in [0.2, 0.25) is 0 Å². The van der Waals surface area contributed by atoms with Gasteiger partial charge in [0, 0.05) is 18.4 Å². The number of amides is 1. The van der Waals surface area contributed by atoms with E-state index in [0.717, 1.165) is 12.0 Å². The highest BCUT2D eigenvalue weighted by Crippen LogP contribution is 2.49. The van der Waals surface area contributed by atoms with Crippen LogP contribution in [-0.2, 0) is 20.9 Å². The number of fused-ring (bicyclic) bond motifs is 2. The summed E-state index contributed by atoms with van der Waals surface area (Å²) in [6.07, 6.45) is 8.49. The Morgan fingerprint density at radius 2 is 1.96 bits per heavy atom. The minimum atomic E-state index is -0.348. The summed E-state index contributed by atoms with van der Waals surface area (Å²) in [6, 6.07) is 9.82. The van der Waals surface area contributed by atoms with E-state index in [1.807, 2.05) is 36.4 Å². The molecular weight excluding hydrogens is 330 g/mol. The fraction of sp³-hybridized carbons (Fsp3) is 0.524. The van der Waals surface area contributed by atoms with Gasteiger partial charge in [0.05, 0.1) is 7.11 Å². The predicted octanol–water partition coefficient (Wildman–Crippen LogP) is 3.84. The number of esters is 1. The van der Waals surface area contributed by atoms with Gasteiger partial charge in [-0.3, -0.25) is 4.79 Å². The van der Waals surface area contributed by atoms with Gasteiger partial charge < -0.3 is 14.8 Å². The molecule has 5 nitrogen and oxygen atoms in total. The molecule has 140 valence electrons. The maximum absolute atomic E-state index is 12.2. The number of hydrogen-bond acceptors (Lipinski definition) is 4. The van der Waals surface area contributed by atoms with E-state index in [1.165, 1.54) is 20.0 Å². The standard InChI is InChI=1S/C21H27NO4/c1-25-19(23)10-6-5-9-18-16-11-12-17(13-16)20(18)22-21(24)26-14-15-7-3-2-4-8-15/h2-5,7-9,16-18,20H,6,10-14H2,1H3,(H,22,24)/b9-5-/t16-,17+,18+,20+/m1/s1. The highest BCUT2D eigenvalue weighted by atomic mass is 16.5. The fourth-order valence-corrected chi connectivity index (χ4v) is 4.28. The Kier molecular flexibility index (Phi) is 6.31. The van der Waals surface area contributed by atoms with Gasteiger partial charge in [0.25, 0.3) is 0 Å². The lowest BCUT2D eigenvalue weighted by molar-refractivity contribution is -0.140. The van der Waals surface area contributed by atoms with Crippen LogP contribution in [-0.4, -0.2) is 25.2 Å². The second kappa shape index (κ2) is 8.88. The molecule has 3 rings (SSSR count). The summed E-state index contributed by atoms with van der Waals surface area (Å²) in [6.45, 7) is 0.285. The minimum absolute atomic E-state index is 0.131. The summed E-state index contributed by atoms with van der Waals surface area (Å²) < 4.78 is 10.0. The van der Waals surface area contributed by atoms with Crippen molar-refractivity contribution < 1.29 is 19.1 Å². The average molecular weight is 357 g/mol. The zero-order valence-electron chi connectivity index (χ0n) is 15.2. The zero-order valence-corrected chi connectivity index (χ0v) is 15.2. The summed E-state index contributed by atoms with van der Waals surface area (Å²) in [5.41, 5.74) is 0.981. The second-order valence-corrected chi connectivity index (χ2v) is 7.19. The van der Waals surface area contributed by atoms with Crippen molar-refractivity contribution in [3.05, 3.63) is 48.0 Å². The predicted molar refractivity (Wildman–Crippen MR) is 98.3 cm³/mol. The maximum Gasteiger partial charge on any atom is 0.407 e. The zero-order chi connectivity index (χ0) is 18.4. The molecule has 2 bridgehead atoms. The van der Waals surface area contributed by atoms with Crippen molar-refractivity contribution in [1.82, 2.24) is 5.32 Å². The molecule has 2 fully saturated rings. The van der Waals surface area contributed by atoms with Crippen LogP contribution < -0.4 is 5.32 Å². The summed E-state index contributed by atoms with van der Waals surface area (Å²) in [5.74, 6) is 1.28. The summed E-state index contributed by atoms with van der Waals surface area (Å²) in [5, 5.41) is 3.09. The Morgan fingerprint density at radius 1 is 1.19 bits per heavy atom. The Balaban J connectivity index is 1.50. The van der Waals surface area contributed by atoms with E-state index in [2.05, 4.69) is 16.1 Å². The smallest absolute Gasteiger partial charge is 0.407 e. The summed E-state index contributed by atoms with van der Waals surface area (Å²) >= 11 is 0. The highest BCUT2D eigenvalue weighted by Gasteiger charge is 2.47. The second-order valence-electron chi connectivity index (χ2n) is 7.19. The lowest BCUT2D eigenvalue weighted by Crippen LogP contribution is -2.43. The molecule has 1 N–H and O–H groups in total. The number of alkyl carbamates (subject to hydrolysis) is 1. The molecule has 0 unspecified atom stereocenters. The van der Waals surface area contributed by atoms with E-state index in [-0.39, 0.29) is 24.7 Å². The Labute approximate surface area is 154 Å². The van der Waals surface area contributed by atoms with Crippen LogP contribution in [0, 0.1) is 17.8 Å². The third-order valence-corrected chi connectivity index (χ3v) is 5.58. The van der Waals surface area contributed by atoms with Crippen LogP contribution >= 0.6 is 0 Å². The quantitative estimate of drug-likeness (QED) is 0.595. The molecule has 0 radical (unpaired) electrons. The van der Waals surface area contributed by atoms with Crippen LogP contribution in [0.5, 0.6) is 0 Å². The van der Waals surface area contributed by atoms with Gasteiger partial charge in [-0.25, -0.2) is 4.79 Å². The third-order valence-electron chi connectivity index (χ3n) is 5.58. The van der Waals surface area contributed by atoms with Crippen LogP contribution in [0.3, 0.4) is 0 Å². The molecule has 0 aliphatic heterocycles. The SMILES string of the molecule is COC(=O)CC/C=C\[C@H]1[C@@H]2CC[C@@H](C2)[C@@H]1NC(=O)OCc1ccccc1. The van der Waals surface area contributed by atoms with E-state index < -0.39 is 0 Å². The molecule has 5 heteroatoms. The first-order chi connectivity index (χ1) is 12.7. The van der Waals surface area contributed by atoms with Crippen molar-refractivity contribution in [1.29, 1.82) is 0 Å². The average Bonchev–Trinajstić information content (AvgIpc) is 3.26. The first-order valence-electron chi connectivity index (χ1n) is 9.38. The maximum atomic E-state index is 12.2. The van der Waals surface area contributed by atoms with Crippen molar-refractivity contribution in [3.63, 3.8) is 0 Å². The van der Waals surface area contributed by atoms with E-state index in [0.29, 0.717) is 30.6 Å². The number of ether oxygens (including phenoxy) is 2. The minimum Gasteiger partial charge on any atom is -0.469 e. The Morgan fingerprint density at radius 3 is 2.73 bits per heavy atom. The number of carbonyl (C=O) groups excluding carboxylic acids is 2. The molecule has 2 aliphatic carbocycles. The Bertz CT molecular complexity index is 643. The molecule has 2 saturated carbocycles. The first-order valence-corrected chi connectivity index (χ1v) is 9.38. The van der Waals surface area contributed by atoms with Gasteiger partial charge in [-0.15, -0.1) is 0 Å². The van der Waals surface area contributed by atoms with Crippen molar-refractivity contribution in [2.45, 2.75) is 44.8 Å². The third kappa shape index (κ3) is 4.65. The van der Waals surface area contributed by atoms with E-state index in [9.17, 15) is 9.59 Å². The van der Waals surface area contributed by atoms with Crippen molar-refractivity contribution in [2.24, 2.45) is 17.8 Å². The van der Waals surface area contributed by atoms with Crippen LogP contribution in [0.1, 0.15) is 37.7 Å². The molecule has 1 aromatic carbocycles. The number of nitrogens with one attached hydrogen (secondary N) is 1. The topological polar surface area (TPSA) is 64.6 Å². The molecule has 0 heterocycles. The molecule has 4 atom stereocenters. The van der Waals surface area contributed by atoms with Gasteiger partial charge in [0.1, 0.15) is 6.61 Å². The summed E-state index contributed by atoms with van der Waals surface area (Å²) in [4.78, 5) is 23.4. The lowest BCUT2D eigenvalue weighted by Gasteiger charge is -2.29. The molecule has 1 amide bonds. The van der Waals surface area contributed by atoms with E-state index >= 15 is 0 Å². The van der Waals surface area contributed by atoms with Gasteiger partial charge in [-0.2, -0.15) is 0 Å². The van der Waals surface area contributed by atoms with E-state index in [4.69, 9.17) is 4.74 Å². The van der Waals surface area contributed by atoms with Gasteiger partial charge >= 0.3 is 12.1 Å². The number of methoxy groups -OCH3 is 1. The molecule has 0 aromatic heterocycles.